The number of aromatic nitrogens is 2. The van der Waals surface area contributed by atoms with E-state index in [0.29, 0.717) is 0 Å². The van der Waals surface area contributed by atoms with Gasteiger partial charge in [-0.2, -0.15) is 0 Å². The zero-order chi connectivity index (χ0) is 27.8. The molecule has 0 saturated carbocycles. The predicted octanol–water partition coefficient (Wildman–Crippen LogP) is 10.6. The predicted molar refractivity (Wildman–Crippen MR) is 176 cm³/mol. The molecule has 3 heterocycles. The van der Waals surface area contributed by atoms with Crippen LogP contribution >= 0.6 is 11.8 Å². The summed E-state index contributed by atoms with van der Waals surface area (Å²) in [5.74, 6) is 0.898. The Morgan fingerprint density at radius 2 is 1.59 bits per heavy atom. The van der Waals surface area contributed by atoms with Crippen LogP contribution in [0.3, 0.4) is 0 Å². The van der Waals surface area contributed by atoms with E-state index in [9.17, 15) is 0 Å². The smallest absolute Gasteiger partial charge is 0.138 e. The van der Waals surface area contributed by atoms with Gasteiger partial charge in [0.25, 0.3) is 0 Å². The van der Waals surface area contributed by atoms with Crippen LogP contribution in [-0.2, 0) is 0 Å². The highest BCUT2D eigenvalue weighted by molar-refractivity contribution is 7.99. The van der Waals surface area contributed by atoms with Crippen molar-refractivity contribution in [2.75, 3.05) is 0 Å². The molecule has 1 aliphatic rings. The second-order valence-corrected chi connectivity index (χ2v) is 11.1. The van der Waals surface area contributed by atoms with E-state index in [-0.39, 0.29) is 0 Å². The molecule has 0 amide bonds. The van der Waals surface area contributed by atoms with Crippen molar-refractivity contribution in [1.82, 2.24) is 9.55 Å². The first-order valence-electron chi connectivity index (χ1n) is 13.8. The third-order valence-electron chi connectivity index (χ3n) is 7.56. The van der Waals surface area contributed by atoms with Gasteiger partial charge >= 0.3 is 0 Å². The van der Waals surface area contributed by atoms with Crippen molar-refractivity contribution in [1.29, 1.82) is 0 Å². The normalized spacial score (nSPS) is 13.0. The van der Waals surface area contributed by atoms with Gasteiger partial charge in [-0.15, -0.1) is 0 Å². The van der Waals surface area contributed by atoms with Gasteiger partial charge in [0.2, 0.25) is 0 Å². The Hall–Kier alpha value is -4.86. The maximum atomic E-state index is 5.32. The minimum Gasteiger partial charge on any atom is -0.293 e. The second kappa shape index (κ2) is 10.6. The van der Waals surface area contributed by atoms with Gasteiger partial charge < -0.3 is 0 Å². The lowest BCUT2D eigenvalue weighted by Gasteiger charge is -2.15. The van der Waals surface area contributed by atoms with Gasteiger partial charge in [0.1, 0.15) is 5.82 Å². The van der Waals surface area contributed by atoms with Crippen LogP contribution in [0.2, 0.25) is 0 Å². The van der Waals surface area contributed by atoms with Crippen molar-refractivity contribution in [3.63, 3.8) is 0 Å². The van der Waals surface area contributed by atoms with Crippen LogP contribution in [0.4, 0.5) is 0 Å². The third kappa shape index (κ3) is 4.45. The number of fused-ring (bicyclic) bond motifs is 6. The number of benzene rings is 4. The summed E-state index contributed by atoms with van der Waals surface area (Å²) < 4.78 is 2.36. The van der Waals surface area contributed by atoms with Crippen LogP contribution in [-0.4, -0.2) is 9.55 Å². The summed E-state index contributed by atoms with van der Waals surface area (Å²) in [6.45, 7) is 5.95. The lowest BCUT2D eigenvalue weighted by atomic mass is 10.0. The first kappa shape index (κ1) is 25.1. The summed E-state index contributed by atoms with van der Waals surface area (Å²) >= 11 is 1.84. The van der Waals surface area contributed by atoms with E-state index in [2.05, 4.69) is 139 Å². The standard InChI is InChI=1S/C38H28N2S/c1-3-5-13-26(4-2)30-24-33(27-14-7-6-8-15-27)39-36(25-30)40-34-18-11-10-17-31(34)32-23-22-29-21-20-28-16-9-12-19-35(28)41-38(29)37(32)40/h3-25H,1H2,2H3. The van der Waals surface area contributed by atoms with E-state index in [1.54, 1.807) is 0 Å². The third-order valence-corrected chi connectivity index (χ3v) is 8.79. The molecule has 0 atom stereocenters. The van der Waals surface area contributed by atoms with Gasteiger partial charge in [0.15, 0.2) is 0 Å². The molecular weight excluding hydrogens is 516 g/mol. The lowest BCUT2D eigenvalue weighted by Crippen LogP contribution is -2.02. The molecule has 0 aliphatic carbocycles. The quantitative estimate of drug-likeness (QED) is 0.201. The van der Waals surface area contributed by atoms with Crippen molar-refractivity contribution >= 4 is 51.3 Å². The van der Waals surface area contributed by atoms with Crippen LogP contribution < -0.4 is 0 Å². The number of hydrogen-bond acceptors (Lipinski definition) is 2. The first-order chi connectivity index (χ1) is 20.2. The highest BCUT2D eigenvalue weighted by Gasteiger charge is 2.21. The molecule has 3 heteroatoms. The fraction of sp³-hybridized carbons (Fsp3) is 0.0263. The molecule has 0 fully saturated rings. The highest BCUT2D eigenvalue weighted by atomic mass is 32.2. The van der Waals surface area contributed by atoms with Crippen LogP contribution in [0.25, 0.3) is 56.6 Å². The number of allylic oxidation sites excluding steroid dienone is 5. The fourth-order valence-electron chi connectivity index (χ4n) is 5.60. The zero-order valence-corrected chi connectivity index (χ0v) is 23.6. The Morgan fingerprint density at radius 1 is 0.805 bits per heavy atom. The number of pyridine rings is 1. The number of rotatable bonds is 5. The van der Waals surface area contributed by atoms with Gasteiger partial charge in [0, 0.05) is 26.1 Å². The molecule has 6 aromatic rings. The number of para-hydroxylation sites is 1. The van der Waals surface area contributed by atoms with Crippen LogP contribution in [0.15, 0.2) is 144 Å². The van der Waals surface area contributed by atoms with E-state index in [4.69, 9.17) is 4.98 Å². The van der Waals surface area contributed by atoms with Crippen molar-refractivity contribution in [2.45, 2.75) is 16.7 Å². The van der Waals surface area contributed by atoms with Crippen molar-refractivity contribution < 1.29 is 0 Å². The van der Waals surface area contributed by atoms with Crippen LogP contribution in [0.1, 0.15) is 23.6 Å². The van der Waals surface area contributed by atoms with E-state index in [1.807, 2.05) is 30.0 Å². The summed E-state index contributed by atoms with van der Waals surface area (Å²) in [5.41, 5.74) is 9.04. The summed E-state index contributed by atoms with van der Waals surface area (Å²) in [6, 6.07) is 36.6. The van der Waals surface area contributed by atoms with Gasteiger partial charge in [-0.05, 0) is 53.5 Å². The minimum atomic E-state index is 0.898. The van der Waals surface area contributed by atoms with Crippen molar-refractivity contribution in [2.24, 2.45) is 0 Å². The molecule has 4 aromatic carbocycles. The van der Waals surface area contributed by atoms with E-state index in [0.717, 1.165) is 33.7 Å². The summed E-state index contributed by atoms with van der Waals surface area (Å²) in [7, 11) is 0. The molecule has 0 N–H and O–H groups in total. The van der Waals surface area contributed by atoms with Gasteiger partial charge in [-0.1, -0.05) is 134 Å². The fourth-order valence-corrected chi connectivity index (χ4v) is 6.78. The molecule has 1 aliphatic heterocycles. The monoisotopic (exact) mass is 544 g/mol. The van der Waals surface area contributed by atoms with E-state index in [1.165, 1.54) is 37.2 Å². The molecule has 7 rings (SSSR count). The molecule has 2 nitrogen and oxygen atoms in total. The molecule has 196 valence electrons. The average Bonchev–Trinajstić information content (AvgIpc) is 3.24. The van der Waals surface area contributed by atoms with E-state index < -0.39 is 0 Å². The van der Waals surface area contributed by atoms with Crippen LogP contribution in [0.5, 0.6) is 0 Å². The molecule has 2 aromatic heterocycles. The number of hydrogen-bond donors (Lipinski definition) is 0. The molecule has 0 bridgehead atoms. The Labute approximate surface area is 244 Å². The molecule has 0 radical (unpaired) electrons. The molecule has 0 spiro atoms. The minimum absolute atomic E-state index is 0.898. The maximum absolute atomic E-state index is 5.32. The Balaban J connectivity index is 1.57. The topological polar surface area (TPSA) is 17.8 Å². The Morgan fingerprint density at radius 3 is 2.44 bits per heavy atom. The zero-order valence-electron chi connectivity index (χ0n) is 22.8. The molecule has 0 unspecified atom stereocenters. The molecule has 41 heavy (non-hydrogen) atoms. The lowest BCUT2D eigenvalue weighted by molar-refractivity contribution is 1.07. The van der Waals surface area contributed by atoms with Gasteiger partial charge in [-0.3, -0.25) is 4.57 Å². The summed E-state index contributed by atoms with van der Waals surface area (Å²) in [4.78, 5) is 7.82. The van der Waals surface area contributed by atoms with E-state index >= 15 is 0 Å². The van der Waals surface area contributed by atoms with Crippen molar-refractivity contribution in [3.8, 4) is 17.1 Å². The second-order valence-electron chi connectivity index (χ2n) is 10.0. The van der Waals surface area contributed by atoms with Crippen LogP contribution in [0, 0.1) is 0 Å². The first-order valence-corrected chi connectivity index (χ1v) is 14.6. The van der Waals surface area contributed by atoms with Gasteiger partial charge in [-0.25, -0.2) is 4.98 Å². The maximum Gasteiger partial charge on any atom is 0.138 e. The Kier molecular flexibility index (Phi) is 6.50. The van der Waals surface area contributed by atoms with Gasteiger partial charge in [0.05, 0.1) is 16.7 Å². The Bertz CT molecular complexity index is 2040. The highest BCUT2D eigenvalue weighted by Crippen LogP contribution is 2.45. The summed E-state index contributed by atoms with van der Waals surface area (Å²) in [6.07, 6.45) is 12.5. The SMILES string of the molecule is C=CC=CC(=CC)c1cc(-c2ccccc2)nc(-n2c3ccccc3c3ccc4c(c32)Sc2ccccc2C=C4)c1. The number of nitrogens with zero attached hydrogens (tertiary/aromatic N) is 2. The summed E-state index contributed by atoms with van der Waals surface area (Å²) in [5, 5.41) is 2.45. The largest absolute Gasteiger partial charge is 0.293 e. The molecular formula is C38H28N2S. The average molecular weight is 545 g/mol. The van der Waals surface area contributed by atoms with Crippen molar-refractivity contribution in [3.05, 3.63) is 151 Å². The molecule has 0 saturated heterocycles.